The van der Waals surface area contributed by atoms with E-state index in [0.29, 0.717) is 0 Å². The van der Waals surface area contributed by atoms with E-state index in [4.69, 9.17) is 4.98 Å². The van der Waals surface area contributed by atoms with Crippen LogP contribution in [0.4, 0.5) is 0 Å². The number of nitrogens with zero attached hydrogens (tertiary/aromatic N) is 5. The maximum Gasteiger partial charge on any atom is 0.193 e. The van der Waals surface area contributed by atoms with Gasteiger partial charge < -0.3 is 14.6 Å². The Morgan fingerprint density at radius 3 is 2.70 bits per heavy atom. The summed E-state index contributed by atoms with van der Waals surface area (Å²) in [6, 6.07) is 5.05. The smallest absolute Gasteiger partial charge is 0.193 e. The Bertz CT molecular complexity index is 885. The van der Waals surface area contributed by atoms with Crippen LogP contribution >= 0.6 is 24.0 Å². The highest BCUT2D eigenvalue weighted by Crippen LogP contribution is 2.46. The van der Waals surface area contributed by atoms with Crippen LogP contribution in [0.25, 0.3) is 5.65 Å². The zero-order valence-electron chi connectivity index (χ0n) is 18.3. The number of aliphatic imine (C=N–C) groups is 1. The summed E-state index contributed by atoms with van der Waals surface area (Å²) < 4.78 is 2.12. The van der Waals surface area contributed by atoms with Crippen molar-refractivity contribution in [2.24, 2.45) is 16.8 Å². The van der Waals surface area contributed by atoms with Gasteiger partial charge >= 0.3 is 0 Å². The Labute approximate surface area is 197 Å². The molecule has 0 aromatic carbocycles. The highest BCUT2D eigenvalue weighted by molar-refractivity contribution is 14.0. The molecule has 1 aliphatic heterocycles. The summed E-state index contributed by atoms with van der Waals surface area (Å²) in [6.45, 7) is 7.51. The second-order valence-electron chi connectivity index (χ2n) is 9.14. The number of hydrogen-bond acceptors (Lipinski definition) is 3. The summed E-state index contributed by atoms with van der Waals surface area (Å²) in [7, 11) is 1.90. The average molecular weight is 522 g/mol. The Morgan fingerprint density at radius 2 is 2.03 bits per heavy atom. The Kier molecular flexibility index (Phi) is 6.87. The molecule has 2 bridgehead atoms. The van der Waals surface area contributed by atoms with E-state index < -0.39 is 0 Å². The predicted octanol–water partition coefficient (Wildman–Crippen LogP) is 3.18. The third kappa shape index (κ3) is 4.33. The maximum atomic E-state index is 4.78. The molecule has 5 rings (SSSR count). The predicted molar refractivity (Wildman–Crippen MR) is 133 cm³/mol. The van der Waals surface area contributed by atoms with Crippen molar-refractivity contribution in [3.8, 4) is 0 Å². The summed E-state index contributed by atoms with van der Waals surface area (Å²) in [5, 5.41) is 3.57. The van der Waals surface area contributed by atoms with Crippen LogP contribution in [0, 0.1) is 18.8 Å². The number of piperazine rings is 1. The molecule has 2 aromatic heterocycles. The van der Waals surface area contributed by atoms with E-state index in [2.05, 4.69) is 56.0 Å². The van der Waals surface area contributed by atoms with Gasteiger partial charge in [-0.2, -0.15) is 0 Å². The van der Waals surface area contributed by atoms with Crippen molar-refractivity contribution in [1.29, 1.82) is 0 Å². The standard InChI is InChI=1S/C23H34N6.HI/c1-17-4-3-9-29-16-20(26-22(17)29)7-8-25-23(24-2)28-12-10-27(11-13-28)21-15-18-5-6-19(21)14-18;/h3-4,9,16,18-19,21H,5-8,10-15H2,1-2H3,(H,24,25);1H. The fourth-order valence-electron chi connectivity index (χ4n) is 5.88. The normalized spacial score (nSPS) is 26.9. The van der Waals surface area contributed by atoms with E-state index in [1.54, 1.807) is 0 Å². The number of pyridine rings is 1. The largest absolute Gasteiger partial charge is 0.356 e. The average Bonchev–Trinajstić information content (AvgIpc) is 3.47. The summed E-state index contributed by atoms with van der Waals surface area (Å²) >= 11 is 0. The lowest BCUT2D eigenvalue weighted by Crippen LogP contribution is -2.55. The highest BCUT2D eigenvalue weighted by atomic mass is 127. The molecule has 0 spiro atoms. The number of imidazole rings is 1. The quantitative estimate of drug-likeness (QED) is 0.381. The van der Waals surface area contributed by atoms with Gasteiger partial charge in [0, 0.05) is 64.6 Å². The van der Waals surface area contributed by atoms with Crippen molar-refractivity contribution in [1.82, 2.24) is 24.5 Å². The minimum Gasteiger partial charge on any atom is -0.356 e. The monoisotopic (exact) mass is 522 g/mol. The zero-order valence-corrected chi connectivity index (χ0v) is 20.6. The molecule has 0 radical (unpaired) electrons. The third-order valence-electron chi connectivity index (χ3n) is 7.39. The molecule has 3 unspecified atom stereocenters. The molecule has 3 atom stereocenters. The molecule has 0 amide bonds. The highest BCUT2D eigenvalue weighted by Gasteiger charge is 2.42. The SMILES string of the molecule is CN=C(NCCc1cn2cccc(C)c2n1)N1CCN(C2CC3CCC2C3)CC1.I. The molecular formula is C23H35IN6. The van der Waals surface area contributed by atoms with Gasteiger partial charge in [-0.3, -0.25) is 9.89 Å². The molecule has 6 nitrogen and oxygen atoms in total. The van der Waals surface area contributed by atoms with Gasteiger partial charge in [0.05, 0.1) is 5.69 Å². The molecule has 3 heterocycles. The van der Waals surface area contributed by atoms with Gasteiger partial charge in [-0.15, -0.1) is 24.0 Å². The molecule has 2 saturated carbocycles. The number of fused-ring (bicyclic) bond motifs is 3. The van der Waals surface area contributed by atoms with Gasteiger partial charge in [0.15, 0.2) is 5.96 Å². The third-order valence-corrected chi connectivity index (χ3v) is 7.39. The van der Waals surface area contributed by atoms with Crippen LogP contribution < -0.4 is 5.32 Å². The van der Waals surface area contributed by atoms with E-state index in [1.807, 2.05) is 7.05 Å². The van der Waals surface area contributed by atoms with Crippen molar-refractivity contribution in [3.05, 3.63) is 35.8 Å². The van der Waals surface area contributed by atoms with Crippen molar-refractivity contribution < 1.29 is 0 Å². The summed E-state index contributed by atoms with van der Waals surface area (Å²) in [5.74, 6) is 3.05. The van der Waals surface area contributed by atoms with Crippen LogP contribution in [0.15, 0.2) is 29.5 Å². The van der Waals surface area contributed by atoms with E-state index in [-0.39, 0.29) is 24.0 Å². The second kappa shape index (κ2) is 9.42. The first-order valence-electron chi connectivity index (χ1n) is 11.3. The van der Waals surface area contributed by atoms with Crippen LogP contribution in [0.2, 0.25) is 0 Å². The van der Waals surface area contributed by atoms with Crippen LogP contribution in [-0.2, 0) is 6.42 Å². The first-order chi connectivity index (χ1) is 14.2. The first-order valence-corrected chi connectivity index (χ1v) is 11.3. The van der Waals surface area contributed by atoms with Crippen molar-refractivity contribution in [2.75, 3.05) is 39.8 Å². The van der Waals surface area contributed by atoms with Crippen molar-refractivity contribution in [2.45, 2.75) is 45.1 Å². The molecule has 164 valence electrons. The second-order valence-corrected chi connectivity index (χ2v) is 9.14. The Hall–Kier alpha value is -1.35. The lowest BCUT2D eigenvalue weighted by atomic mass is 9.93. The first kappa shape index (κ1) is 21.9. The molecule has 7 heteroatoms. The van der Waals surface area contributed by atoms with Crippen LogP contribution in [0.1, 0.15) is 36.9 Å². The van der Waals surface area contributed by atoms with Gasteiger partial charge in [0.1, 0.15) is 5.65 Å². The number of aryl methyl sites for hydroxylation is 1. The lowest BCUT2D eigenvalue weighted by Gasteiger charge is -2.41. The van der Waals surface area contributed by atoms with E-state index >= 15 is 0 Å². The van der Waals surface area contributed by atoms with Gasteiger partial charge in [0.25, 0.3) is 0 Å². The minimum absolute atomic E-state index is 0. The van der Waals surface area contributed by atoms with Gasteiger partial charge in [-0.25, -0.2) is 4.98 Å². The van der Waals surface area contributed by atoms with E-state index in [9.17, 15) is 0 Å². The molecule has 30 heavy (non-hydrogen) atoms. The molecule has 1 N–H and O–H groups in total. The van der Waals surface area contributed by atoms with Crippen LogP contribution in [0.5, 0.6) is 0 Å². The van der Waals surface area contributed by atoms with Crippen molar-refractivity contribution >= 4 is 35.6 Å². The molecule has 3 aliphatic rings. The molecule has 2 aliphatic carbocycles. The van der Waals surface area contributed by atoms with Crippen LogP contribution in [0.3, 0.4) is 0 Å². The van der Waals surface area contributed by atoms with Gasteiger partial charge in [-0.05, 0) is 49.7 Å². The summed E-state index contributed by atoms with van der Waals surface area (Å²) in [4.78, 5) is 14.5. The molecule has 2 aromatic rings. The number of guanidine groups is 1. The van der Waals surface area contributed by atoms with E-state index in [1.165, 1.54) is 44.3 Å². The maximum absolute atomic E-state index is 4.78. The van der Waals surface area contributed by atoms with Gasteiger partial charge in [0.2, 0.25) is 0 Å². The Morgan fingerprint density at radius 1 is 1.20 bits per heavy atom. The summed E-state index contributed by atoms with van der Waals surface area (Å²) in [6.07, 6.45) is 11.0. The molecule has 3 fully saturated rings. The number of hydrogen-bond donors (Lipinski definition) is 1. The van der Waals surface area contributed by atoms with Crippen LogP contribution in [-0.4, -0.2) is 71.0 Å². The zero-order chi connectivity index (χ0) is 19.8. The fourth-order valence-corrected chi connectivity index (χ4v) is 5.88. The molecule has 1 saturated heterocycles. The van der Waals surface area contributed by atoms with Crippen molar-refractivity contribution in [3.63, 3.8) is 0 Å². The number of rotatable bonds is 4. The number of aromatic nitrogens is 2. The minimum atomic E-state index is 0. The number of halogens is 1. The van der Waals surface area contributed by atoms with Gasteiger partial charge in [-0.1, -0.05) is 12.5 Å². The summed E-state index contributed by atoms with van der Waals surface area (Å²) in [5.41, 5.74) is 3.41. The fraction of sp³-hybridized carbons (Fsp3) is 0.652. The lowest BCUT2D eigenvalue weighted by molar-refractivity contribution is 0.0959. The van der Waals surface area contributed by atoms with E-state index in [0.717, 1.165) is 61.2 Å². The number of nitrogens with one attached hydrogen (secondary N) is 1. The topological polar surface area (TPSA) is 48.2 Å². The Balaban J connectivity index is 0.00000218. The molecular weight excluding hydrogens is 487 g/mol.